The molecule has 2 atom stereocenters. The number of sulfone groups is 1. The Bertz CT molecular complexity index is 464. The standard InChI is InChI=1S/C11H17NO2S2/c1-8-10(3-5-15-8)7-12-11-4-6-16(13,14)9(11)2/h3,5,9,11-12H,4,6-7H2,1-2H3/t9-,11-/m0/s1. The first-order valence-electron chi connectivity index (χ1n) is 5.48. The van der Waals surface area contributed by atoms with Crippen LogP contribution in [0.1, 0.15) is 23.8 Å². The van der Waals surface area contributed by atoms with Gasteiger partial charge in [0.2, 0.25) is 0 Å². The Morgan fingerprint density at radius 3 is 2.81 bits per heavy atom. The molecule has 2 rings (SSSR count). The number of nitrogens with one attached hydrogen (secondary N) is 1. The summed E-state index contributed by atoms with van der Waals surface area (Å²) in [5.74, 6) is 0.328. The topological polar surface area (TPSA) is 46.2 Å². The molecule has 1 aliphatic heterocycles. The van der Waals surface area contributed by atoms with Gasteiger partial charge in [0.25, 0.3) is 0 Å². The fourth-order valence-corrected chi connectivity index (χ4v) is 4.48. The molecule has 0 bridgehead atoms. The molecule has 1 aromatic heterocycles. The predicted octanol–water partition coefficient (Wildman–Crippen LogP) is 1.72. The summed E-state index contributed by atoms with van der Waals surface area (Å²) in [5.41, 5.74) is 1.28. The van der Waals surface area contributed by atoms with Gasteiger partial charge in [-0.2, -0.15) is 0 Å². The summed E-state index contributed by atoms with van der Waals surface area (Å²) in [4.78, 5) is 1.31. The van der Waals surface area contributed by atoms with Crippen LogP contribution in [0.15, 0.2) is 11.4 Å². The lowest BCUT2D eigenvalue weighted by molar-refractivity contribution is 0.504. The van der Waals surface area contributed by atoms with Gasteiger partial charge in [-0.1, -0.05) is 0 Å². The average Bonchev–Trinajstić information content (AvgIpc) is 2.73. The van der Waals surface area contributed by atoms with E-state index in [0.29, 0.717) is 5.75 Å². The number of aryl methyl sites for hydroxylation is 1. The molecule has 0 aliphatic carbocycles. The van der Waals surface area contributed by atoms with Crippen molar-refractivity contribution < 1.29 is 8.42 Å². The second kappa shape index (κ2) is 4.47. The predicted molar refractivity (Wildman–Crippen MR) is 67.5 cm³/mol. The SMILES string of the molecule is Cc1sccc1CN[C@H]1CCS(=O)(=O)[C@H]1C. The van der Waals surface area contributed by atoms with Gasteiger partial charge in [0, 0.05) is 17.5 Å². The number of hydrogen-bond donors (Lipinski definition) is 1. The summed E-state index contributed by atoms with van der Waals surface area (Å²) in [6.45, 7) is 4.68. The van der Waals surface area contributed by atoms with Gasteiger partial charge in [-0.3, -0.25) is 0 Å². The van der Waals surface area contributed by atoms with E-state index in [1.54, 1.807) is 18.3 Å². The zero-order chi connectivity index (χ0) is 11.8. The maximum Gasteiger partial charge on any atom is 0.154 e. The minimum absolute atomic E-state index is 0.115. The third-order valence-corrected chi connectivity index (χ3v) is 6.52. The Morgan fingerprint density at radius 1 is 1.56 bits per heavy atom. The molecule has 5 heteroatoms. The molecule has 1 N–H and O–H groups in total. The quantitative estimate of drug-likeness (QED) is 0.899. The van der Waals surface area contributed by atoms with Crippen molar-refractivity contribution in [1.82, 2.24) is 5.32 Å². The molecule has 1 saturated heterocycles. The Hall–Kier alpha value is -0.390. The molecule has 0 saturated carbocycles. The van der Waals surface area contributed by atoms with Crippen LogP contribution >= 0.6 is 11.3 Å². The van der Waals surface area contributed by atoms with Crippen LogP contribution in [0.25, 0.3) is 0 Å². The van der Waals surface area contributed by atoms with Gasteiger partial charge < -0.3 is 5.32 Å². The van der Waals surface area contributed by atoms with Crippen LogP contribution in [0.5, 0.6) is 0 Å². The van der Waals surface area contributed by atoms with Gasteiger partial charge in [0.1, 0.15) is 0 Å². The minimum Gasteiger partial charge on any atom is -0.309 e. The summed E-state index contributed by atoms with van der Waals surface area (Å²) in [7, 11) is -2.84. The highest BCUT2D eigenvalue weighted by Gasteiger charge is 2.36. The summed E-state index contributed by atoms with van der Waals surface area (Å²) in [5, 5.41) is 5.18. The molecule has 90 valence electrons. The van der Waals surface area contributed by atoms with E-state index in [0.717, 1.165) is 13.0 Å². The molecule has 0 aromatic carbocycles. The van der Waals surface area contributed by atoms with Crippen molar-refractivity contribution in [1.29, 1.82) is 0 Å². The van der Waals surface area contributed by atoms with Crippen LogP contribution in [0.3, 0.4) is 0 Å². The minimum atomic E-state index is -2.84. The number of rotatable bonds is 3. The largest absolute Gasteiger partial charge is 0.309 e. The molecule has 1 fully saturated rings. The fraction of sp³-hybridized carbons (Fsp3) is 0.636. The van der Waals surface area contributed by atoms with Crippen molar-refractivity contribution in [3.63, 3.8) is 0 Å². The highest BCUT2D eigenvalue weighted by molar-refractivity contribution is 7.92. The van der Waals surface area contributed by atoms with E-state index in [9.17, 15) is 8.42 Å². The zero-order valence-electron chi connectivity index (χ0n) is 9.56. The van der Waals surface area contributed by atoms with Gasteiger partial charge in [0.15, 0.2) is 9.84 Å². The van der Waals surface area contributed by atoms with Crippen LogP contribution in [-0.4, -0.2) is 25.5 Å². The monoisotopic (exact) mass is 259 g/mol. The second-order valence-electron chi connectivity index (χ2n) is 4.35. The number of thiophene rings is 1. The smallest absolute Gasteiger partial charge is 0.154 e. The first-order chi connectivity index (χ1) is 7.50. The van der Waals surface area contributed by atoms with E-state index < -0.39 is 9.84 Å². The zero-order valence-corrected chi connectivity index (χ0v) is 11.2. The van der Waals surface area contributed by atoms with Crippen LogP contribution in [0.4, 0.5) is 0 Å². The van der Waals surface area contributed by atoms with E-state index >= 15 is 0 Å². The van der Waals surface area contributed by atoms with E-state index in [1.165, 1.54) is 10.4 Å². The molecule has 0 unspecified atom stereocenters. The summed E-state index contributed by atoms with van der Waals surface area (Å²) < 4.78 is 23.1. The van der Waals surface area contributed by atoms with Gasteiger partial charge in [-0.15, -0.1) is 11.3 Å². The molecule has 3 nitrogen and oxygen atoms in total. The van der Waals surface area contributed by atoms with Gasteiger partial charge in [-0.05, 0) is 37.3 Å². The van der Waals surface area contributed by atoms with Gasteiger partial charge in [-0.25, -0.2) is 8.42 Å². The lowest BCUT2D eigenvalue weighted by Gasteiger charge is -2.15. The fourth-order valence-electron chi connectivity index (χ4n) is 2.07. The van der Waals surface area contributed by atoms with Crippen molar-refractivity contribution >= 4 is 21.2 Å². The molecule has 2 heterocycles. The summed E-state index contributed by atoms with van der Waals surface area (Å²) >= 11 is 1.73. The van der Waals surface area contributed by atoms with Crippen molar-refractivity contribution in [3.05, 3.63) is 21.9 Å². The lowest BCUT2D eigenvalue weighted by Crippen LogP contribution is -2.36. The van der Waals surface area contributed by atoms with Crippen LogP contribution < -0.4 is 5.32 Å². The molecule has 16 heavy (non-hydrogen) atoms. The van der Waals surface area contributed by atoms with E-state index in [4.69, 9.17) is 0 Å². The molecule has 1 aromatic rings. The average molecular weight is 259 g/mol. The lowest BCUT2D eigenvalue weighted by atomic mass is 10.1. The highest BCUT2D eigenvalue weighted by Crippen LogP contribution is 2.21. The molecular weight excluding hydrogens is 242 g/mol. The Balaban J connectivity index is 1.95. The van der Waals surface area contributed by atoms with Crippen molar-refractivity contribution in [2.45, 2.75) is 38.1 Å². The summed E-state index contributed by atoms with van der Waals surface area (Å²) in [6, 6.07) is 2.21. The van der Waals surface area contributed by atoms with Crippen LogP contribution in [-0.2, 0) is 16.4 Å². The normalized spacial score (nSPS) is 28.4. The Morgan fingerprint density at radius 2 is 2.31 bits per heavy atom. The Labute approximate surface area is 101 Å². The van der Waals surface area contributed by atoms with E-state index in [2.05, 4.69) is 23.7 Å². The molecule has 0 spiro atoms. The van der Waals surface area contributed by atoms with Crippen molar-refractivity contribution in [3.8, 4) is 0 Å². The third-order valence-electron chi connectivity index (χ3n) is 3.37. The number of hydrogen-bond acceptors (Lipinski definition) is 4. The first kappa shape index (κ1) is 12.1. The maximum absolute atomic E-state index is 11.6. The molecule has 1 aliphatic rings. The van der Waals surface area contributed by atoms with Crippen molar-refractivity contribution in [2.75, 3.05) is 5.75 Å². The van der Waals surface area contributed by atoms with Crippen LogP contribution in [0.2, 0.25) is 0 Å². The van der Waals surface area contributed by atoms with E-state index in [1.807, 2.05) is 0 Å². The van der Waals surface area contributed by atoms with Crippen LogP contribution in [0, 0.1) is 6.92 Å². The molecule has 0 amide bonds. The third kappa shape index (κ3) is 2.31. The molecular formula is C11H17NO2S2. The summed E-state index contributed by atoms with van der Waals surface area (Å²) in [6.07, 6.45) is 0.743. The first-order valence-corrected chi connectivity index (χ1v) is 8.08. The Kier molecular flexibility index (Phi) is 3.37. The second-order valence-corrected chi connectivity index (χ2v) is 7.95. The molecule has 0 radical (unpaired) electrons. The van der Waals surface area contributed by atoms with Crippen molar-refractivity contribution in [2.24, 2.45) is 0 Å². The maximum atomic E-state index is 11.6. The van der Waals surface area contributed by atoms with E-state index in [-0.39, 0.29) is 11.3 Å². The van der Waals surface area contributed by atoms with Gasteiger partial charge in [0.05, 0.1) is 11.0 Å². The highest BCUT2D eigenvalue weighted by atomic mass is 32.2. The van der Waals surface area contributed by atoms with Gasteiger partial charge >= 0.3 is 0 Å².